The molecular formula is C15H18N4O2S. The molecule has 6 nitrogen and oxygen atoms in total. The lowest BCUT2D eigenvalue weighted by molar-refractivity contribution is -0.141. The average Bonchev–Trinajstić information content (AvgIpc) is 3.15. The Balaban J connectivity index is 1.85. The van der Waals surface area contributed by atoms with Crippen LogP contribution in [-0.2, 0) is 4.79 Å². The molecule has 3 heterocycles. The molecule has 0 amide bonds. The molecule has 0 aliphatic carbocycles. The predicted molar refractivity (Wildman–Crippen MR) is 84.3 cm³/mol. The third-order valence-electron chi connectivity index (χ3n) is 3.90. The highest BCUT2D eigenvalue weighted by Gasteiger charge is 2.40. The normalized spacial score (nSPS) is 21.5. The minimum Gasteiger partial charge on any atom is -0.481 e. The Bertz CT molecular complexity index is 659. The monoisotopic (exact) mass is 318 g/mol. The number of aromatic nitrogens is 3. The van der Waals surface area contributed by atoms with Crippen LogP contribution >= 0.6 is 11.3 Å². The van der Waals surface area contributed by atoms with Crippen molar-refractivity contribution in [2.45, 2.75) is 25.7 Å². The first-order valence-corrected chi connectivity index (χ1v) is 8.10. The van der Waals surface area contributed by atoms with E-state index in [2.05, 4.69) is 29.0 Å². The topological polar surface area (TPSA) is 79.2 Å². The van der Waals surface area contributed by atoms with Crippen LogP contribution in [0.4, 0.5) is 5.13 Å². The number of hydrogen-bond acceptors (Lipinski definition) is 6. The van der Waals surface area contributed by atoms with Crippen LogP contribution in [0, 0.1) is 5.92 Å². The molecule has 2 aromatic heterocycles. The fourth-order valence-corrected chi connectivity index (χ4v) is 3.56. The van der Waals surface area contributed by atoms with Crippen LogP contribution in [0.3, 0.4) is 0 Å². The standard InChI is InChI=1S/C15H18N4O2S/c1-9(2)13-17-18-15(22-13)19-7-10(11(8-19)14(20)21)12-5-3-4-6-16-12/h3-6,9-11H,7-8H2,1-2H3,(H,20,21)/t10-,11-/m1/s1. The zero-order valence-electron chi connectivity index (χ0n) is 12.5. The molecule has 7 heteroatoms. The highest BCUT2D eigenvalue weighted by atomic mass is 32.1. The minimum atomic E-state index is -0.785. The molecule has 1 fully saturated rings. The molecule has 0 bridgehead atoms. The molecule has 0 aromatic carbocycles. The maximum absolute atomic E-state index is 11.6. The van der Waals surface area contributed by atoms with Gasteiger partial charge < -0.3 is 10.0 Å². The van der Waals surface area contributed by atoms with Crippen LogP contribution in [0.2, 0.25) is 0 Å². The van der Waals surface area contributed by atoms with Gasteiger partial charge in [-0.25, -0.2) is 0 Å². The van der Waals surface area contributed by atoms with Crippen molar-refractivity contribution >= 4 is 22.4 Å². The van der Waals surface area contributed by atoms with Crippen LogP contribution in [0.25, 0.3) is 0 Å². The molecule has 0 unspecified atom stereocenters. The highest BCUT2D eigenvalue weighted by Crippen LogP contribution is 2.36. The number of carboxylic acid groups (broad SMARTS) is 1. The van der Waals surface area contributed by atoms with Crippen molar-refractivity contribution < 1.29 is 9.90 Å². The molecule has 0 radical (unpaired) electrons. The van der Waals surface area contributed by atoms with E-state index in [1.807, 2.05) is 23.1 Å². The Morgan fingerprint density at radius 1 is 1.36 bits per heavy atom. The van der Waals surface area contributed by atoms with Gasteiger partial charge in [0.25, 0.3) is 0 Å². The first kappa shape index (κ1) is 14.9. The summed E-state index contributed by atoms with van der Waals surface area (Å²) < 4.78 is 0. The van der Waals surface area contributed by atoms with Gasteiger partial charge in [-0.3, -0.25) is 9.78 Å². The molecule has 1 aliphatic heterocycles. The summed E-state index contributed by atoms with van der Waals surface area (Å²) in [7, 11) is 0. The molecule has 3 rings (SSSR count). The number of anilines is 1. The summed E-state index contributed by atoms with van der Waals surface area (Å²) in [6, 6.07) is 5.63. The molecule has 1 N–H and O–H groups in total. The summed E-state index contributed by atoms with van der Waals surface area (Å²) in [4.78, 5) is 17.9. The van der Waals surface area contributed by atoms with Crippen molar-refractivity contribution in [1.82, 2.24) is 15.2 Å². The van der Waals surface area contributed by atoms with Gasteiger partial charge in [-0.2, -0.15) is 0 Å². The fourth-order valence-electron chi connectivity index (χ4n) is 2.69. The van der Waals surface area contributed by atoms with Crippen LogP contribution in [0.15, 0.2) is 24.4 Å². The van der Waals surface area contributed by atoms with Crippen LogP contribution < -0.4 is 4.90 Å². The van der Waals surface area contributed by atoms with Gasteiger partial charge in [0.15, 0.2) is 0 Å². The van der Waals surface area contributed by atoms with Gasteiger partial charge in [-0.15, -0.1) is 10.2 Å². The Morgan fingerprint density at radius 2 is 2.18 bits per heavy atom. The lowest BCUT2D eigenvalue weighted by atomic mass is 9.93. The van der Waals surface area contributed by atoms with Crippen LogP contribution in [0.5, 0.6) is 0 Å². The van der Waals surface area contributed by atoms with Crippen molar-refractivity contribution in [3.8, 4) is 0 Å². The zero-order valence-corrected chi connectivity index (χ0v) is 13.3. The second-order valence-electron chi connectivity index (χ2n) is 5.79. The summed E-state index contributed by atoms with van der Waals surface area (Å²) in [6.07, 6.45) is 1.71. The highest BCUT2D eigenvalue weighted by molar-refractivity contribution is 7.15. The van der Waals surface area contributed by atoms with E-state index >= 15 is 0 Å². The first-order valence-electron chi connectivity index (χ1n) is 7.28. The largest absolute Gasteiger partial charge is 0.481 e. The summed E-state index contributed by atoms with van der Waals surface area (Å²) in [5.74, 6) is -1.05. The van der Waals surface area contributed by atoms with Crippen molar-refractivity contribution in [1.29, 1.82) is 0 Å². The average molecular weight is 318 g/mol. The van der Waals surface area contributed by atoms with Crippen molar-refractivity contribution in [2.75, 3.05) is 18.0 Å². The second kappa shape index (κ2) is 6.00. The van der Waals surface area contributed by atoms with E-state index in [9.17, 15) is 9.90 Å². The molecule has 2 atom stereocenters. The molecule has 116 valence electrons. The number of nitrogens with zero attached hydrogens (tertiary/aromatic N) is 4. The van der Waals surface area contributed by atoms with E-state index in [1.54, 1.807) is 6.20 Å². The molecule has 1 aliphatic rings. The van der Waals surface area contributed by atoms with Gasteiger partial charge in [-0.05, 0) is 12.1 Å². The Labute approximate surface area is 132 Å². The Hall–Kier alpha value is -2.02. The molecule has 0 saturated carbocycles. The molecule has 1 saturated heterocycles. The lowest BCUT2D eigenvalue weighted by Crippen LogP contribution is -2.23. The van der Waals surface area contributed by atoms with E-state index in [1.165, 1.54) is 11.3 Å². The third-order valence-corrected chi connectivity index (χ3v) is 5.18. The number of carboxylic acids is 1. The zero-order chi connectivity index (χ0) is 15.7. The van der Waals surface area contributed by atoms with Crippen molar-refractivity contribution in [3.63, 3.8) is 0 Å². The van der Waals surface area contributed by atoms with E-state index in [0.29, 0.717) is 19.0 Å². The molecule has 2 aromatic rings. The molecular weight excluding hydrogens is 300 g/mol. The number of carbonyl (C=O) groups is 1. The summed E-state index contributed by atoms with van der Waals surface area (Å²) in [5.41, 5.74) is 0.825. The first-order chi connectivity index (χ1) is 10.6. The fraction of sp³-hybridized carbons (Fsp3) is 0.467. The molecule has 0 spiro atoms. The van der Waals surface area contributed by atoms with Crippen LogP contribution in [-0.4, -0.2) is 39.3 Å². The quantitative estimate of drug-likeness (QED) is 0.932. The Morgan fingerprint density at radius 3 is 2.77 bits per heavy atom. The molecule has 22 heavy (non-hydrogen) atoms. The number of rotatable bonds is 4. The minimum absolute atomic E-state index is 0.120. The van der Waals surface area contributed by atoms with Gasteiger partial charge in [-0.1, -0.05) is 31.3 Å². The van der Waals surface area contributed by atoms with E-state index in [0.717, 1.165) is 15.8 Å². The predicted octanol–water partition coefficient (Wildman–Crippen LogP) is 2.36. The maximum Gasteiger partial charge on any atom is 0.309 e. The van der Waals surface area contributed by atoms with E-state index in [-0.39, 0.29) is 5.92 Å². The van der Waals surface area contributed by atoms with Gasteiger partial charge in [0.05, 0.1) is 5.92 Å². The van der Waals surface area contributed by atoms with E-state index in [4.69, 9.17) is 0 Å². The van der Waals surface area contributed by atoms with Gasteiger partial charge >= 0.3 is 5.97 Å². The summed E-state index contributed by atoms with van der Waals surface area (Å²) >= 11 is 1.54. The number of pyridine rings is 1. The summed E-state index contributed by atoms with van der Waals surface area (Å²) in [6.45, 7) is 5.21. The van der Waals surface area contributed by atoms with Crippen molar-refractivity contribution in [3.05, 3.63) is 35.1 Å². The number of aliphatic carboxylic acids is 1. The van der Waals surface area contributed by atoms with Crippen LogP contribution in [0.1, 0.15) is 36.4 Å². The third kappa shape index (κ3) is 2.81. The SMILES string of the molecule is CC(C)c1nnc(N2C[C@@H](C(=O)O)[C@H](c3ccccn3)C2)s1. The smallest absolute Gasteiger partial charge is 0.309 e. The lowest BCUT2D eigenvalue weighted by Gasteiger charge is -2.13. The number of hydrogen-bond donors (Lipinski definition) is 1. The van der Waals surface area contributed by atoms with Gasteiger partial charge in [0, 0.05) is 36.8 Å². The van der Waals surface area contributed by atoms with Gasteiger partial charge in [0.1, 0.15) is 5.01 Å². The second-order valence-corrected chi connectivity index (χ2v) is 6.78. The maximum atomic E-state index is 11.6. The van der Waals surface area contributed by atoms with Gasteiger partial charge in [0.2, 0.25) is 5.13 Å². The Kier molecular flexibility index (Phi) is 4.06. The summed E-state index contributed by atoms with van der Waals surface area (Å²) in [5, 5.41) is 19.7. The van der Waals surface area contributed by atoms with Crippen molar-refractivity contribution in [2.24, 2.45) is 5.92 Å². The van der Waals surface area contributed by atoms with E-state index < -0.39 is 11.9 Å².